The summed E-state index contributed by atoms with van der Waals surface area (Å²) in [6.45, 7) is 13.4. The molecule has 0 aromatic carbocycles. The number of aliphatic imine (C=N–C) groups is 1. The molecule has 0 amide bonds. The van der Waals surface area contributed by atoms with Crippen molar-refractivity contribution in [3.63, 3.8) is 0 Å². The van der Waals surface area contributed by atoms with Gasteiger partial charge in [-0.3, -0.25) is 9.80 Å². The van der Waals surface area contributed by atoms with Gasteiger partial charge in [-0.25, -0.2) is 14.5 Å². The van der Waals surface area contributed by atoms with E-state index in [0.717, 1.165) is 62.2 Å². The Labute approximate surface area is 230 Å². The average Bonchev–Trinajstić information content (AvgIpc) is 3.56. The van der Waals surface area contributed by atoms with Gasteiger partial charge in [-0.15, -0.1) is 5.10 Å². The molecule has 10 nitrogen and oxygen atoms in total. The van der Waals surface area contributed by atoms with Crippen molar-refractivity contribution in [3.8, 4) is 0 Å². The average molecular weight is 561 g/mol. The number of amidine groups is 1. The Morgan fingerprint density at radius 3 is 2.52 bits per heavy atom. The number of anilines is 1. The maximum atomic E-state index is 13.8. The van der Waals surface area contributed by atoms with Gasteiger partial charge < -0.3 is 20.1 Å². The highest BCUT2D eigenvalue weighted by atomic mass is 19.4. The maximum Gasteiger partial charge on any atom is 0.416 e. The van der Waals surface area contributed by atoms with Gasteiger partial charge in [-0.1, -0.05) is 6.58 Å². The number of halogens is 3. The van der Waals surface area contributed by atoms with Crippen LogP contribution in [0.25, 0.3) is 11.1 Å². The first-order chi connectivity index (χ1) is 19.1. The van der Waals surface area contributed by atoms with Gasteiger partial charge in [0, 0.05) is 56.7 Å². The van der Waals surface area contributed by atoms with Crippen LogP contribution in [0.3, 0.4) is 0 Å². The van der Waals surface area contributed by atoms with Gasteiger partial charge in [0.1, 0.15) is 5.52 Å². The molecule has 6 heterocycles. The fourth-order valence-corrected chi connectivity index (χ4v) is 6.14. The predicted molar refractivity (Wildman–Crippen MR) is 145 cm³/mol. The van der Waals surface area contributed by atoms with Crippen molar-refractivity contribution in [3.05, 3.63) is 41.5 Å². The molecule has 2 unspecified atom stereocenters. The van der Waals surface area contributed by atoms with Gasteiger partial charge in [0.2, 0.25) is 0 Å². The highest BCUT2D eigenvalue weighted by Crippen LogP contribution is 2.37. The summed E-state index contributed by atoms with van der Waals surface area (Å²) in [6, 6.07) is 3.65. The monoisotopic (exact) mass is 560 g/mol. The number of hydrogen-bond acceptors (Lipinski definition) is 8. The van der Waals surface area contributed by atoms with E-state index in [1.165, 1.54) is 6.92 Å². The molecule has 13 heteroatoms. The van der Waals surface area contributed by atoms with Crippen LogP contribution in [0.5, 0.6) is 0 Å². The van der Waals surface area contributed by atoms with E-state index in [9.17, 15) is 13.2 Å². The fourth-order valence-electron chi connectivity index (χ4n) is 6.14. The van der Waals surface area contributed by atoms with Crippen LogP contribution in [0.1, 0.15) is 30.4 Å². The Kier molecular flexibility index (Phi) is 7.09. The van der Waals surface area contributed by atoms with Gasteiger partial charge in [-0.05, 0) is 31.9 Å². The highest BCUT2D eigenvalue weighted by molar-refractivity contribution is 5.83. The zero-order valence-electron chi connectivity index (χ0n) is 22.8. The number of likely N-dealkylation sites (tertiary alicyclic amines) is 2. The summed E-state index contributed by atoms with van der Waals surface area (Å²) in [7, 11) is 0. The van der Waals surface area contributed by atoms with Crippen molar-refractivity contribution in [1.29, 1.82) is 0 Å². The molecule has 0 saturated carbocycles. The van der Waals surface area contributed by atoms with Gasteiger partial charge >= 0.3 is 6.18 Å². The summed E-state index contributed by atoms with van der Waals surface area (Å²) in [5.41, 5.74) is 6.96. The topological polar surface area (TPSA) is 96.7 Å². The Hall–Kier alpha value is -3.00. The molecular weight excluding hydrogens is 525 g/mol. The number of allylic oxidation sites excluding steroid dienone is 2. The predicted octanol–water partition coefficient (Wildman–Crippen LogP) is 2.37. The number of piperazine rings is 1. The summed E-state index contributed by atoms with van der Waals surface area (Å²) in [5, 5.41) is 4.61. The van der Waals surface area contributed by atoms with Crippen molar-refractivity contribution in [2.75, 3.05) is 57.5 Å². The van der Waals surface area contributed by atoms with Gasteiger partial charge in [-0.2, -0.15) is 13.2 Å². The van der Waals surface area contributed by atoms with Crippen LogP contribution < -0.4 is 10.6 Å². The van der Waals surface area contributed by atoms with Crippen LogP contribution in [-0.2, 0) is 16.0 Å². The highest BCUT2D eigenvalue weighted by Gasteiger charge is 2.47. The van der Waals surface area contributed by atoms with E-state index in [1.807, 2.05) is 11.8 Å². The third-order valence-electron chi connectivity index (χ3n) is 8.43. The Morgan fingerprint density at radius 2 is 1.93 bits per heavy atom. The van der Waals surface area contributed by atoms with Crippen molar-refractivity contribution >= 4 is 22.7 Å². The Balaban J connectivity index is 1.38. The van der Waals surface area contributed by atoms with Crippen LogP contribution in [0, 0.1) is 6.92 Å². The molecule has 6 rings (SSSR count). The number of aryl methyl sites for hydroxylation is 1. The van der Waals surface area contributed by atoms with E-state index in [4.69, 9.17) is 15.2 Å². The molecule has 2 bridgehead atoms. The molecule has 0 aliphatic carbocycles. The summed E-state index contributed by atoms with van der Waals surface area (Å²) in [6.07, 6.45) is -2.48. The molecule has 0 radical (unpaired) electrons. The molecule has 40 heavy (non-hydrogen) atoms. The SMILES string of the molecule is C=C(/C(=C\N=C(/C)N)c1nc(N2CCOCC2)c2cc(CN3CC4CC3CN4C3COC3)c(C)n2n1)C(F)(F)F. The van der Waals surface area contributed by atoms with E-state index in [0.29, 0.717) is 50.2 Å². The summed E-state index contributed by atoms with van der Waals surface area (Å²) < 4.78 is 54.2. The molecule has 4 saturated heterocycles. The molecule has 4 aliphatic rings. The lowest BCUT2D eigenvalue weighted by molar-refractivity contribution is -0.0867. The van der Waals surface area contributed by atoms with E-state index < -0.39 is 11.7 Å². The van der Waals surface area contributed by atoms with Crippen molar-refractivity contribution in [1.82, 2.24) is 24.4 Å². The Bertz CT molecular complexity index is 1360. The van der Waals surface area contributed by atoms with E-state index >= 15 is 0 Å². The van der Waals surface area contributed by atoms with Crippen molar-refractivity contribution in [2.24, 2.45) is 10.7 Å². The number of ether oxygens (including phenoxy) is 2. The van der Waals surface area contributed by atoms with Crippen molar-refractivity contribution < 1.29 is 22.6 Å². The number of hydrogen-bond donors (Lipinski definition) is 1. The van der Waals surface area contributed by atoms with Gasteiger partial charge in [0.05, 0.1) is 49.5 Å². The lowest BCUT2D eigenvalue weighted by Crippen LogP contribution is -2.56. The molecular formula is C27H35F3N8O2. The second-order valence-corrected chi connectivity index (χ2v) is 11.1. The molecule has 216 valence electrons. The zero-order valence-corrected chi connectivity index (χ0v) is 22.8. The minimum atomic E-state index is -4.69. The largest absolute Gasteiger partial charge is 0.416 e. The van der Waals surface area contributed by atoms with Crippen LogP contribution in [-0.4, -0.2) is 107 Å². The number of nitrogens with zero attached hydrogens (tertiary/aromatic N) is 7. The van der Waals surface area contributed by atoms with Gasteiger partial charge in [0.15, 0.2) is 11.6 Å². The summed E-state index contributed by atoms with van der Waals surface area (Å²) in [5.74, 6) is 0.575. The standard InChI is InChI=1S/C27H35F3N8O2/c1-16(27(28,29)30)23(10-32-18(3)31)25-33-26(35-4-6-39-7-5-35)24-8-19(17(2)38(24)34-25)11-36-12-21-9-20(36)13-37(21)22-14-40-15-22/h8,10,20-22H,1,4-7,9,11-15H2,2-3H3,(H2,31,32)/b23-10+. The number of fused-ring (bicyclic) bond motifs is 3. The van der Waals surface area contributed by atoms with Gasteiger partial charge in [0.25, 0.3) is 0 Å². The first kappa shape index (κ1) is 27.2. The maximum absolute atomic E-state index is 13.8. The minimum absolute atomic E-state index is 0.106. The fraction of sp³-hybridized carbons (Fsp3) is 0.593. The lowest BCUT2D eigenvalue weighted by Gasteiger charge is -2.42. The first-order valence-electron chi connectivity index (χ1n) is 13.7. The van der Waals surface area contributed by atoms with E-state index in [2.05, 4.69) is 37.5 Å². The molecule has 2 N–H and O–H groups in total. The second-order valence-electron chi connectivity index (χ2n) is 11.1. The van der Waals surface area contributed by atoms with Crippen LogP contribution in [0.4, 0.5) is 19.0 Å². The minimum Gasteiger partial charge on any atom is -0.387 e. The third-order valence-corrected chi connectivity index (χ3v) is 8.43. The summed E-state index contributed by atoms with van der Waals surface area (Å²) >= 11 is 0. The second kappa shape index (κ2) is 10.4. The van der Waals surface area contributed by atoms with E-state index in [-0.39, 0.29) is 17.2 Å². The first-order valence-corrected chi connectivity index (χ1v) is 13.7. The Morgan fingerprint density at radius 1 is 1.18 bits per heavy atom. The van der Waals surface area contributed by atoms with E-state index in [1.54, 1.807) is 4.52 Å². The number of rotatable bonds is 7. The van der Waals surface area contributed by atoms with Crippen LogP contribution in [0.2, 0.25) is 0 Å². The molecule has 4 fully saturated rings. The summed E-state index contributed by atoms with van der Waals surface area (Å²) in [4.78, 5) is 15.8. The molecule has 2 atom stereocenters. The molecule has 0 spiro atoms. The van der Waals surface area contributed by atoms with Crippen molar-refractivity contribution in [2.45, 2.75) is 51.1 Å². The number of aromatic nitrogens is 3. The molecule has 4 aliphatic heterocycles. The van der Waals surface area contributed by atoms with Crippen LogP contribution in [0.15, 0.2) is 29.4 Å². The number of morpholine rings is 1. The van der Waals surface area contributed by atoms with Crippen LogP contribution >= 0.6 is 0 Å². The molecule has 2 aromatic heterocycles. The number of nitrogens with two attached hydrogens (primary N) is 1. The smallest absolute Gasteiger partial charge is 0.387 e. The number of alkyl halides is 3. The molecule has 2 aromatic rings. The zero-order chi connectivity index (χ0) is 28.2. The quantitative estimate of drug-likeness (QED) is 0.313. The lowest BCUT2D eigenvalue weighted by atomic mass is 10.1. The normalized spacial score (nSPS) is 25.3. The third kappa shape index (κ3) is 5.00.